The molecule has 0 radical (unpaired) electrons. The van der Waals surface area contributed by atoms with Crippen molar-refractivity contribution in [1.82, 2.24) is 4.90 Å². The van der Waals surface area contributed by atoms with Crippen LogP contribution in [-0.2, 0) is 19.1 Å². The van der Waals surface area contributed by atoms with Crippen LogP contribution in [0.3, 0.4) is 0 Å². The van der Waals surface area contributed by atoms with E-state index in [1.807, 2.05) is 0 Å². The van der Waals surface area contributed by atoms with Gasteiger partial charge in [-0.25, -0.2) is 9.59 Å². The van der Waals surface area contributed by atoms with Crippen molar-refractivity contribution in [3.8, 4) is 0 Å². The van der Waals surface area contributed by atoms with Crippen LogP contribution in [0.1, 0.15) is 56.8 Å². The highest BCUT2D eigenvalue weighted by Gasteiger charge is 2.37. The lowest BCUT2D eigenvalue weighted by Crippen LogP contribution is -2.44. The van der Waals surface area contributed by atoms with E-state index in [0.29, 0.717) is 43.6 Å². The molecule has 2 aliphatic heterocycles. The zero-order valence-corrected chi connectivity index (χ0v) is 17.7. The van der Waals surface area contributed by atoms with E-state index in [1.165, 1.54) is 4.90 Å². The van der Waals surface area contributed by atoms with Crippen LogP contribution in [0.4, 0.5) is 10.5 Å². The van der Waals surface area contributed by atoms with Gasteiger partial charge >= 0.3 is 12.1 Å². The van der Waals surface area contributed by atoms with Crippen LogP contribution >= 0.6 is 0 Å². The molecular weight excluding hydrogens is 388 g/mol. The molecule has 1 atom stereocenters. The average molecular weight is 416 g/mol. The van der Waals surface area contributed by atoms with Crippen molar-refractivity contribution in [3.63, 3.8) is 0 Å². The Bertz CT molecular complexity index is 844. The molecular formula is C22H28N2O6. The summed E-state index contributed by atoms with van der Waals surface area (Å²) >= 11 is 0. The molecule has 1 aromatic rings. The Kier molecular flexibility index (Phi) is 6.43. The fraction of sp³-hybridized carbons (Fsp3) is 0.545. The van der Waals surface area contributed by atoms with E-state index < -0.39 is 30.3 Å². The maximum absolute atomic E-state index is 12.5. The van der Waals surface area contributed by atoms with Crippen LogP contribution in [-0.4, -0.2) is 60.0 Å². The molecule has 0 bridgehead atoms. The SMILES string of the molecule is CC(C)(C)OC(=O)N1CCC[C@H]1C(=O)OCC(=O)c1cccc(N2CCCC2=O)c1. The van der Waals surface area contributed by atoms with E-state index in [-0.39, 0.29) is 11.7 Å². The van der Waals surface area contributed by atoms with E-state index in [2.05, 4.69) is 0 Å². The summed E-state index contributed by atoms with van der Waals surface area (Å²) in [6, 6.07) is 6.01. The predicted octanol–water partition coefficient (Wildman–Crippen LogP) is 2.94. The minimum absolute atomic E-state index is 0.0366. The summed E-state index contributed by atoms with van der Waals surface area (Å²) in [4.78, 5) is 52.3. The van der Waals surface area contributed by atoms with Crippen LogP contribution in [0.2, 0.25) is 0 Å². The molecule has 0 saturated carbocycles. The average Bonchev–Trinajstić information content (AvgIpc) is 3.33. The van der Waals surface area contributed by atoms with Gasteiger partial charge in [0.1, 0.15) is 11.6 Å². The lowest BCUT2D eigenvalue weighted by molar-refractivity contribution is -0.147. The van der Waals surface area contributed by atoms with Gasteiger partial charge in [0.15, 0.2) is 12.4 Å². The van der Waals surface area contributed by atoms with Crippen molar-refractivity contribution in [3.05, 3.63) is 29.8 Å². The maximum Gasteiger partial charge on any atom is 0.411 e. The number of Topliss-reactive ketones (excluding diaryl/α,β-unsaturated/α-hetero) is 1. The highest BCUT2D eigenvalue weighted by atomic mass is 16.6. The van der Waals surface area contributed by atoms with Crippen LogP contribution in [0.15, 0.2) is 24.3 Å². The smallest absolute Gasteiger partial charge is 0.411 e. The molecule has 1 aromatic carbocycles. The lowest BCUT2D eigenvalue weighted by atomic mass is 10.1. The third-order valence-corrected chi connectivity index (χ3v) is 5.05. The summed E-state index contributed by atoms with van der Waals surface area (Å²) in [6.45, 7) is 5.90. The third-order valence-electron chi connectivity index (χ3n) is 5.05. The number of carbonyl (C=O) groups is 4. The standard InChI is InChI=1S/C22H28N2O6/c1-22(2,3)30-21(28)24-12-5-9-17(24)20(27)29-14-18(25)15-7-4-8-16(13-15)23-11-6-10-19(23)26/h4,7-8,13,17H,5-6,9-12,14H2,1-3H3/t17-/m0/s1. The summed E-state index contributed by atoms with van der Waals surface area (Å²) in [7, 11) is 0. The van der Waals surface area contributed by atoms with Gasteiger partial charge in [-0.2, -0.15) is 0 Å². The molecule has 2 heterocycles. The zero-order valence-electron chi connectivity index (χ0n) is 17.7. The topological polar surface area (TPSA) is 93.2 Å². The quantitative estimate of drug-likeness (QED) is 0.541. The first-order chi connectivity index (χ1) is 14.2. The Hall–Kier alpha value is -2.90. The molecule has 0 N–H and O–H groups in total. The molecule has 0 unspecified atom stereocenters. The fourth-order valence-corrected chi connectivity index (χ4v) is 3.64. The predicted molar refractivity (Wildman–Crippen MR) is 109 cm³/mol. The van der Waals surface area contributed by atoms with Gasteiger partial charge in [-0.3, -0.25) is 14.5 Å². The van der Waals surface area contributed by atoms with Gasteiger partial charge in [-0.1, -0.05) is 12.1 Å². The summed E-state index contributed by atoms with van der Waals surface area (Å²) < 4.78 is 10.6. The van der Waals surface area contributed by atoms with E-state index in [9.17, 15) is 19.2 Å². The minimum Gasteiger partial charge on any atom is -0.456 e. The highest BCUT2D eigenvalue weighted by molar-refractivity contribution is 6.01. The van der Waals surface area contributed by atoms with Crippen molar-refractivity contribution < 1.29 is 28.7 Å². The Morgan fingerprint density at radius 3 is 2.57 bits per heavy atom. The third kappa shape index (κ3) is 5.17. The molecule has 162 valence electrons. The van der Waals surface area contributed by atoms with Crippen LogP contribution < -0.4 is 4.90 Å². The number of anilines is 1. The summed E-state index contributed by atoms with van der Waals surface area (Å²) in [5, 5.41) is 0. The van der Waals surface area contributed by atoms with Gasteiger partial charge in [0, 0.05) is 30.8 Å². The van der Waals surface area contributed by atoms with Crippen LogP contribution in [0.25, 0.3) is 0 Å². The number of rotatable bonds is 5. The minimum atomic E-state index is -0.749. The number of carbonyl (C=O) groups excluding carboxylic acids is 4. The number of hydrogen-bond acceptors (Lipinski definition) is 6. The van der Waals surface area contributed by atoms with Crippen LogP contribution in [0, 0.1) is 0 Å². The maximum atomic E-state index is 12.5. The summed E-state index contributed by atoms with van der Waals surface area (Å²) in [5.74, 6) is -0.939. The van der Waals surface area contributed by atoms with Gasteiger partial charge in [-0.05, 0) is 52.2 Å². The molecule has 2 amide bonds. The molecule has 2 fully saturated rings. The number of likely N-dealkylation sites (tertiary alicyclic amines) is 1. The van der Waals surface area contributed by atoms with Gasteiger partial charge in [0.2, 0.25) is 5.91 Å². The molecule has 8 heteroatoms. The number of ether oxygens (including phenoxy) is 2. The molecule has 0 aromatic heterocycles. The first-order valence-electron chi connectivity index (χ1n) is 10.3. The normalized spacial score (nSPS) is 19.2. The van der Waals surface area contributed by atoms with Crippen molar-refractivity contribution in [2.24, 2.45) is 0 Å². The zero-order chi connectivity index (χ0) is 21.9. The van der Waals surface area contributed by atoms with Gasteiger partial charge < -0.3 is 14.4 Å². The Labute approximate surface area is 176 Å². The van der Waals surface area contributed by atoms with Crippen molar-refractivity contribution in [2.75, 3.05) is 24.6 Å². The Balaban J connectivity index is 1.58. The van der Waals surface area contributed by atoms with Crippen molar-refractivity contribution in [1.29, 1.82) is 0 Å². The summed E-state index contributed by atoms with van der Waals surface area (Å²) in [6.07, 6.45) is 1.88. The number of ketones is 1. The van der Waals surface area contributed by atoms with Crippen molar-refractivity contribution >= 4 is 29.4 Å². The van der Waals surface area contributed by atoms with E-state index in [1.54, 1.807) is 49.9 Å². The molecule has 0 spiro atoms. The first kappa shape index (κ1) is 21.8. The molecule has 2 aliphatic rings. The highest BCUT2D eigenvalue weighted by Crippen LogP contribution is 2.24. The number of hydrogen-bond donors (Lipinski definition) is 0. The number of benzene rings is 1. The Morgan fingerprint density at radius 2 is 1.90 bits per heavy atom. The fourth-order valence-electron chi connectivity index (χ4n) is 3.64. The van der Waals surface area contributed by atoms with Gasteiger partial charge in [0.05, 0.1) is 0 Å². The Morgan fingerprint density at radius 1 is 1.13 bits per heavy atom. The monoisotopic (exact) mass is 416 g/mol. The molecule has 0 aliphatic carbocycles. The second-order valence-corrected chi connectivity index (χ2v) is 8.56. The number of esters is 1. The van der Waals surface area contributed by atoms with E-state index in [4.69, 9.17) is 9.47 Å². The molecule has 2 saturated heterocycles. The summed E-state index contributed by atoms with van der Waals surface area (Å²) in [5.41, 5.74) is 0.378. The molecule has 30 heavy (non-hydrogen) atoms. The van der Waals surface area contributed by atoms with Gasteiger partial charge in [-0.15, -0.1) is 0 Å². The van der Waals surface area contributed by atoms with E-state index in [0.717, 1.165) is 6.42 Å². The van der Waals surface area contributed by atoms with Gasteiger partial charge in [0.25, 0.3) is 0 Å². The second-order valence-electron chi connectivity index (χ2n) is 8.56. The molecule has 8 nitrogen and oxygen atoms in total. The number of amides is 2. The first-order valence-corrected chi connectivity index (χ1v) is 10.3. The largest absolute Gasteiger partial charge is 0.456 e. The van der Waals surface area contributed by atoms with Crippen molar-refractivity contribution in [2.45, 2.75) is 58.1 Å². The van der Waals surface area contributed by atoms with Crippen LogP contribution in [0.5, 0.6) is 0 Å². The second kappa shape index (κ2) is 8.85. The number of nitrogens with zero attached hydrogens (tertiary/aromatic N) is 2. The lowest BCUT2D eigenvalue weighted by Gasteiger charge is -2.27. The molecule has 3 rings (SSSR count). The van der Waals surface area contributed by atoms with E-state index >= 15 is 0 Å².